The van der Waals surface area contributed by atoms with Crippen LogP contribution in [0, 0.1) is 5.41 Å². The minimum absolute atomic E-state index is 0.149. The lowest BCUT2D eigenvalue weighted by molar-refractivity contribution is -0.137. The molecule has 6 heteroatoms. The summed E-state index contributed by atoms with van der Waals surface area (Å²) >= 11 is 5.80. The zero-order chi connectivity index (χ0) is 17.6. The van der Waals surface area contributed by atoms with Crippen molar-refractivity contribution in [2.24, 2.45) is 5.41 Å². The average molecular weight is 341 g/mol. The number of likely N-dealkylation sites (N-methyl/N-ethyl adjacent to an activating group) is 1. The van der Waals surface area contributed by atoms with Crippen LogP contribution < -0.4 is 10.1 Å². The number of nitrogens with one attached hydrogen (secondary N) is 1. The van der Waals surface area contributed by atoms with E-state index in [1.165, 1.54) is 0 Å². The van der Waals surface area contributed by atoms with Crippen molar-refractivity contribution < 1.29 is 14.3 Å². The second-order valence-electron chi connectivity index (χ2n) is 6.51. The molecule has 0 saturated heterocycles. The first kappa shape index (κ1) is 19.3. The van der Waals surface area contributed by atoms with E-state index in [1.54, 1.807) is 43.1 Å². The van der Waals surface area contributed by atoms with Crippen LogP contribution in [-0.2, 0) is 9.59 Å². The SMILES string of the molecule is CC(NC(=O)C(C)(C)C)C(=O)N(C)CCOc1ccc(Cl)cc1. The third kappa shape index (κ3) is 6.48. The smallest absolute Gasteiger partial charge is 0.244 e. The molecule has 5 nitrogen and oxygen atoms in total. The molecule has 23 heavy (non-hydrogen) atoms. The van der Waals surface area contributed by atoms with Gasteiger partial charge in [-0.2, -0.15) is 0 Å². The number of amides is 2. The zero-order valence-electron chi connectivity index (χ0n) is 14.4. The Labute approximate surface area is 142 Å². The van der Waals surface area contributed by atoms with E-state index in [-0.39, 0.29) is 11.8 Å². The molecule has 0 aliphatic rings. The molecule has 0 radical (unpaired) electrons. The number of carbonyl (C=O) groups excluding carboxylic acids is 2. The van der Waals surface area contributed by atoms with Crippen LogP contribution >= 0.6 is 11.6 Å². The van der Waals surface area contributed by atoms with Gasteiger partial charge in [0, 0.05) is 17.5 Å². The van der Waals surface area contributed by atoms with E-state index in [1.807, 2.05) is 20.8 Å². The standard InChI is InChI=1S/C17H25ClN2O3/c1-12(19-16(22)17(2,3)4)15(21)20(5)10-11-23-14-8-6-13(18)7-9-14/h6-9,12H,10-11H2,1-5H3,(H,19,22). The van der Waals surface area contributed by atoms with Crippen molar-refractivity contribution in [1.29, 1.82) is 0 Å². The number of halogens is 1. The zero-order valence-corrected chi connectivity index (χ0v) is 15.1. The van der Waals surface area contributed by atoms with Gasteiger partial charge in [0.25, 0.3) is 0 Å². The van der Waals surface area contributed by atoms with Gasteiger partial charge in [0.05, 0.1) is 6.54 Å². The third-order valence-corrected chi connectivity index (χ3v) is 3.54. The second-order valence-corrected chi connectivity index (χ2v) is 6.94. The summed E-state index contributed by atoms with van der Waals surface area (Å²) in [5.41, 5.74) is -0.523. The molecule has 1 aromatic rings. The van der Waals surface area contributed by atoms with Crippen molar-refractivity contribution >= 4 is 23.4 Å². The van der Waals surface area contributed by atoms with E-state index in [9.17, 15) is 9.59 Å². The topological polar surface area (TPSA) is 58.6 Å². The van der Waals surface area contributed by atoms with Gasteiger partial charge in [0.1, 0.15) is 18.4 Å². The van der Waals surface area contributed by atoms with Crippen LogP contribution in [0.3, 0.4) is 0 Å². The van der Waals surface area contributed by atoms with E-state index in [0.717, 1.165) is 0 Å². The Bertz CT molecular complexity index is 538. The van der Waals surface area contributed by atoms with Crippen LogP contribution in [0.5, 0.6) is 5.75 Å². The largest absolute Gasteiger partial charge is 0.492 e. The highest BCUT2D eigenvalue weighted by Gasteiger charge is 2.26. The first-order valence-corrected chi connectivity index (χ1v) is 7.93. The van der Waals surface area contributed by atoms with Crippen LogP contribution in [0.4, 0.5) is 0 Å². The summed E-state index contributed by atoms with van der Waals surface area (Å²) in [7, 11) is 1.69. The third-order valence-electron chi connectivity index (χ3n) is 3.28. The summed E-state index contributed by atoms with van der Waals surface area (Å²) in [6.45, 7) is 7.90. The Hall–Kier alpha value is -1.75. The van der Waals surface area contributed by atoms with Crippen LogP contribution in [0.25, 0.3) is 0 Å². The summed E-state index contributed by atoms with van der Waals surface area (Å²) in [4.78, 5) is 25.7. The predicted octanol–water partition coefficient (Wildman–Crippen LogP) is 2.73. The molecular weight excluding hydrogens is 316 g/mol. The van der Waals surface area contributed by atoms with Gasteiger partial charge in [-0.25, -0.2) is 0 Å². The highest BCUT2D eigenvalue weighted by molar-refractivity contribution is 6.30. The fraction of sp³-hybridized carbons (Fsp3) is 0.529. The van der Waals surface area contributed by atoms with Gasteiger partial charge in [0.2, 0.25) is 11.8 Å². The van der Waals surface area contributed by atoms with E-state index in [2.05, 4.69) is 5.32 Å². The molecular formula is C17H25ClN2O3. The number of nitrogens with zero attached hydrogens (tertiary/aromatic N) is 1. The van der Waals surface area contributed by atoms with Crippen LogP contribution in [0.1, 0.15) is 27.7 Å². The maximum Gasteiger partial charge on any atom is 0.244 e. The van der Waals surface area contributed by atoms with Gasteiger partial charge in [-0.1, -0.05) is 32.4 Å². The Morgan fingerprint density at radius 2 is 1.83 bits per heavy atom. The Kier molecular flexibility index (Phi) is 6.88. The molecule has 1 N–H and O–H groups in total. The minimum atomic E-state index is -0.567. The molecule has 0 spiro atoms. The molecule has 1 atom stereocenters. The maximum absolute atomic E-state index is 12.2. The van der Waals surface area contributed by atoms with Crippen molar-refractivity contribution in [2.75, 3.05) is 20.2 Å². The number of rotatable bonds is 6. The lowest BCUT2D eigenvalue weighted by Gasteiger charge is -2.25. The second kappa shape index (κ2) is 8.20. The monoisotopic (exact) mass is 340 g/mol. The number of ether oxygens (including phenoxy) is 1. The molecule has 0 bridgehead atoms. The molecule has 0 heterocycles. The molecule has 1 rings (SSSR count). The normalized spacial score (nSPS) is 12.4. The molecule has 0 fully saturated rings. The summed E-state index contributed by atoms with van der Waals surface area (Å²) in [5.74, 6) is 0.399. The molecule has 0 aromatic heterocycles. The van der Waals surface area contributed by atoms with E-state index in [0.29, 0.717) is 23.9 Å². The first-order chi connectivity index (χ1) is 10.6. The quantitative estimate of drug-likeness (QED) is 0.866. The average Bonchev–Trinajstić information content (AvgIpc) is 2.47. The Morgan fingerprint density at radius 3 is 2.35 bits per heavy atom. The molecule has 0 aliphatic heterocycles. The van der Waals surface area contributed by atoms with Crippen molar-refractivity contribution in [3.63, 3.8) is 0 Å². The maximum atomic E-state index is 12.2. The van der Waals surface area contributed by atoms with Crippen LogP contribution in [0.2, 0.25) is 5.02 Å². The number of benzene rings is 1. The van der Waals surface area contributed by atoms with E-state index >= 15 is 0 Å². The Morgan fingerprint density at radius 1 is 1.26 bits per heavy atom. The molecule has 128 valence electrons. The van der Waals surface area contributed by atoms with Crippen molar-refractivity contribution in [2.45, 2.75) is 33.7 Å². The summed E-state index contributed by atoms with van der Waals surface area (Å²) in [5, 5.41) is 3.38. The van der Waals surface area contributed by atoms with Crippen molar-refractivity contribution in [3.8, 4) is 5.75 Å². The van der Waals surface area contributed by atoms with Gasteiger partial charge >= 0.3 is 0 Å². The lowest BCUT2D eigenvalue weighted by atomic mass is 9.95. The van der Waals surface area contributed by atoms with Crippen molar-refractivity contribution in [1.82, 2.24) is 10.2 Å². The number of carbonyl (C=O) groups is 2. The van der Waals surface area contributed by atoms with Crippen LogP contribution in [-0.4, -0.2) is 43.0 Å². The van der Waals surface area contributed by atoms with Gasteiger partial charge in [-0.05, 0) is 31.2 Å². The van der Waals surface area contributed by atoms with E-state index in [4.69, 9.17) is 16.3 Å². The van der Waals surface area contributed by atoms with Gasteiger partial charge in [-0.3, -0.25) is 9.59 Å². The van der Waals surface area contributed by atoms with Crippen LogP contribution in [0.15, 0.2) is 24.3 Å². The number of hydrogen-bond donors (Lipinski definition) is 1. The summed E-state index contributed by atoms with van der Waals surface area (Å²) in [6, 6.07) is 6.47. The predicted molar refractivity (Wildman–Crippen MR) is 91.6 cm³/mol. The fourth-order valence-electron chi connectivity index (χ4n) is 1.75. The minimum Gasteiger partial charge on any atom is -0.492 e. The van der Waals surface area contributed by atoms with Gasteiger partial charge in [-0.15, -0.1) is 0 Å². The first-order valence-electron chi connectivity index (χ1n) is 7.55. The molecule has 1 unspecified atom stereocenters. The van der Waals surface area contributed by atoms with Gasteiger partial charge in [0.15, 0.2) is 0 Å². The molecule has 1 aromatic carbocycles. The number of hydrogen-bond acceptors (Lipinski definition) is 3. The van der Waals surface area contributed by atoms with Gasteiger partial charge < -0.3 is 15.0 Å². The van der Waals surface area contributed by atoms with Crippen molar-refractivity contribution in [3.05, 3.63) is 29.3 Å². The molecule has 2 amide bonds. The highest BCUT2D eigenvalue weighted by Crippen LogP contribution is 2.15. The summed E-state index contributed by atoms with van der Waals surface area (Å²) < 4.78 is 5.56. The molecule has 0 saturated carbocycles. The fourth-order valence-corrected chi connectivity index (χ4v) is 1.87. The highest BCUT2D eigenvalue weighted by atomic mass is 35.5. The summed E-state index contributed by atoms with van der Waals surface area (Å²) in [6.07, 6.45) is 0. The lowest BCUT2D eigenvalue weighted by Crippen LogP contribution is -2.49. The molecule has 0 aliphatic carbocycles. The van der Waals surface area contributed by atoms with E-state index < -0.39 is 11.5 Å². The Balaban J connectivity index is 2.41.